The van der Waals surface area contributed by atoms with Crippen molar-refractivity contribution in [3.63, 3.8) is 0 Å². The SMILES string of the molecule is COCCCN1CC(C(=O)NN)CC1=O. The number of carbonyl (C=O) groups excluding carboxylic acids is 2. The van der Waals surface area contributed by atoms with E-state index in [9.17, 15) is 9.59 Å². The molecule has 6 nitrogen and oxygen atoms in total. The molecule has 0 aliphatic carbocycles. The van der Waals surface area contributed by atoms with Gasteiger partial charge in [0.1, 0.15) is 0 Å². The molecule has 6 heteroatoms. The largest absolute Gasteiger partial charge is 0.385 e. The van der Waals surface area contributed by atoms with Crippen LogP contribution in [0.1, 0.15) is 12.8 Å². The van der Waals surface area contributed by atoms with Crippen LogP contribution >= 0.6 is 0 Å². The first-order chi connectivity index (χ1) is 7.19. The Morgan fingerprint density at radius 1 is 1.73 bits per heavy atom. The normalized spacial score (nSPS) is 20.8. The Hall–Kier alpha value is -1.14. The lowest BCUT2D eigenvalue weighted by atomic mass is 10.1. The van der Waals surface area contributed by atoms with Crippen LogP contribution in [0.15, 0.2) is 0 Å². The number of nitrogens with two attached hydrogens (primary N) is 1. The van der Waals surface area contributed by atoms with Crippen molar-refractivity contribution in [2.45, 2.75) is 12.8 Å². The first kappa shape index (κ1) is 11.9. The smallest absolute Gasteiger partial charge is 0.239 e. The average Bonchev–Trinajstić information content (AvgIpc) is 2.60. The number of hydrazine groups is 1. The van der Waals surface area contributed by atoms with Crippen molar-refractivity contribution < 1.29 is 14.3 Å². The molecule has 15 heavy (non-hydrogen) atoms. The van der Waals surface area contributed by atoms with Crippen LogP contribution in [0.3, 0.4) is 0 Å². The van der Waals surface area contributed by atoms with E-state index >= 15 is 0 Å². The second-order valence-corrected chi connectivity index (χ2v) is 3.60. The van der Waals surface area contributed by atoms with Crippen LogP contribution in [0.2, 0.25) is 0 Å². The summed E-state index contributed by atoms with van der Waals surface area (Å²) in [5, 5.41) is 0. The van der Waals surface area contributed by atoms with Gasteiger partial charge in [-0.15, -0.1) is 0 Å². The fraction of sp³-hybridized carbons (Fsp3) is 0.778. The Balaban J connectivity index is 2.35. The van der Waals surface area contributed by atoms with Crippen molar-refractivity contribution in [3.05, 3.63) is 0 Å². The molecule has 1 unspecified atom stereocenters. The number of rotatable bonds is 5. The van der Waals surface area contributed by atoms with Gasteiger partial charge in [0.15, 0.2) is 0 Å². The highest BCUT2D eigenvalue weighted by Crippen LogP contribution is 2.17. The number of nitrogens with zero attached hydrogens (tertiary/aromatic N) is 1. The van der Waals surface area contributed by atoms with Gasteiger partial charge in [0, 0.05) is 33.2 Å². The maximum absolute atomic E-state index is 11.5. The van der Waals surface area contributed by atoms with Gasteiger partial charge in [0.2, 0.25) is 11.8 Å². The summed E-state index contributed by atoms with van der Waals surface area (Å²) in [7, 11) is 1.62. The number of ether oxygens (including phenoxy) is 1. The van der Waals surface area contributed by atoms with Gasteiger partial charge in [-0.1, -0.05) is 0 Å². The lowest BCUT2D eigenvalue weighted by Gasteiger charge is -2.15. The molecular formula is C9H17N3O3. The summed E-state index contributed by atoms with van der Waals surface area (Å²) >= 11 is 0. The third kappa shape index (κ3) is 3.17. The van der Waals surface area contributed by atoms with E-state index in [1.807, 2.05) is 0 Å². The van der Waals surface area contributed by atoms with E-state index in [4.69, 9.17) is 10.6 Å². The van der Waals surface area contributed by atoms with E-state index in [1.54, 1.807) is 12.0 Å². The van der Waals surface area contributed by atoms with Crippen molar-refractivity contribution in [2.24, 2.45) is 11.8 Å². The summed E-state index contributed by atoms with van der Waals surface area (Å²) in [5.74, 6) is 4.46. The summed E-state index contributed by atoms with van der Waals surface area (Å²) in [6.07, 6.45) is 1.05. The van der Waals surface area contributed by atoms with E-state index in [2.05, 4.69) is 5.43 Å². The molecule has 1 aliphatic heterocycles. The first-order valence-corrected chi connectivity index (χ1v) is 4.96. The molecule has 0 bridgehead atoms. The minimum atomic E-state index is -0.301. The number of amides is 2. The van der Waals surface area contributed by atoms with Crippen molar-refractivity contribution in [3.8, 4) is 0 Å². The molecule has 1 heterocycles. The fourth-order valence-corrected chi connectivity index (χ4v) is 1.68. The van der Waals surface area contributed by atoms with Crippen LogP contribution in [-0.4, -0.2) is 43.5 Å². The molecule has 0 aromatic heterocycles. The maximum Gasteiger partial charge on any atom is 0.239 e. The minimum Gasteiger partial charge on any atom is -0.385 e. The Kier molecular flexibility index (Phi) is 4.51. The van der Waals surface area contributed by atoms with Crippen molar-refractivity contribution in [1.82, 2.24) is 10.3 Å². The van der Waals surface area contributed by atoms with Gasteiger partial charge in [-0.25, -0.2) is 5.84 Å². The molecule has 1 fully saturated rings. The Labute approximate surface area is 88.7 Å². The number of nitrogens with one attached hydrogen (secondary N) is 1. The van der Waals surface area contributed by atoms with Gasteiger partial charge in [0.05, 0.1) is 5.92 Å². The number of hydrogen-bond acceptors (Lipinski definition) is 4. The molecule has 3 N–H and O–H groups in total. The Morgan fingerprint density at radius 2 is 2.47 bits per heavy atom. The zero-order chi connectivity index (χ0) is 11.3. The van der Waals surface area contributed by atoms with E-state index < -0.39 is 0 Å². The van der Waals surface area contributed by atoms with Crippen LogP contribution in [0.25, 0.3) is 0 Å². The molecule has 0 aromatic rings. The number of likely N-dealkylation sites (tertiary alicyclic amines) is 1. The topological polar surface area (TPSA) is 84.7 Å². The van der Waals surface area contributed by atoms with Crippen molar-refractivity contribution in [2.75, 3.05) is 26.8 Å². The van der Waals surface area contributed by atoms with E-state index in [0.717, 1.165) is 6.42 Å². The number of hydrogen-bond donors (Lipinski definition) is 2. The van der Waals surface area contributed by atoms with Crippen LogP contribution in [0.4, 0.5) is 0 Å². The highest BCUT2D eigenvalue weighted by atomic mass is 16.5. The molecular weight excluding hydrogens is 198 g/mol. The predicted molar refractivity (Wildman–Crippen MR) is 53.5 cm³/mol. The van der Waals surface area contributed by atoms with E-state index in [0.29, 0.717) is 19.7 Å². The van der Waals surface area contributed by atoms with Gasteiger partial charge in [0.25, 0.3) is 0 Å². The van der Waals surface area contributed by atoms with Gasteiger partial charge in [-0.05, 0) is 6.42 Å². The highest BCUT2D eigenvalue weighted by Gasteiger charge is 2.33. The highest BCUT2D eigenvalue weighted by molar-refractivity contribution is 5.88. The summed E-state index contributed by atoms with van der Waals surface area (Å²) in [6.45, 7) is 1.73. The molecule has 1 rings (SSSR count). The van der Waals surface area contributed by atoms with Gasteiger partial charge >= 0.3 is 0 Å². The summed E-state index contributed by atoms with van der Waals surface area (Å²) < 4.78 is 4.90. The summed E-state index contributed by atoms with van der Waals surface area (Å²) in [6, 6.07) is 0. The molecule has 0 radical (unpaired) electrons. The average molecular weight is 215 g/mol. The van der Waals surface area contributed by atoms with Crippen LogP contribution < -0.4 is 11.3 Å². The monoisotopic (exact) mass is 215 g/mol. The minimum absolute atomic E-state index is 0.0136. The second-order valence-electron chi connectivity index (χ2n) is 3.60. The fourth-order valence-electron chi connectivity index (χ4n) is 1.68. The van der Waals surface area contributed by atoms with Crippen LogP contribution in [-0.2, 0) is 14.3 Å². The maximum atomic E-state index is 11.5. The van der Waals surface area contributed by atoms with Gasteiger partial charge < -0.3 is 9.64 Å². The molecule has 1 saturated heterocycles. The molecule has 0 spiro atoms. The standard InChI is InChI=1S/C9H17N3O3/c1-15-4-2-3-12-6-7(5-8(12)13)9(14)11-10/h7H,2-6,10H2,1H3,(H,11,14). The lowest BCUT2D eigenvalue weighted by molar-refractivity contribution is -0.129. The van der Waals surface area contributed by atoms with Crippen molar-refractivity contribution >= 4 is 11.8 Å². The predicted octanol–water partition coefficient (Wildman–Crippen LogP) is -1.14. The molecule has 0 aromatic carbocycles. The van der Waals surface area contributed by atoms with Crippen molar-refractivity contribution in [1.29, 1.82) is 0 Å². The Morgan fingerprint density at radius 3 is 3.07 bits per heavy atom. The molecule has 0 saturated carbocycles. The number of methoxy groups -OCH3 is 1. The zero-order valence-corrected chi connectivity index (χ0v) is 8.86. The molecule has 86 valence electrons. The lowest BCUT2D eigenvalue weighted by Crippen LogP contribution is -2.37. The third-order valence-electron chi connectivity index (χ3n) is 2.50. The third-order valence-corrected chi connectivity index (χ3v) is 2.50. The second kappa shape index (κ2) is 5.67. The quantitative estimate of drug-likeness (QED) is 0.263. The van der Waals surface area contributed by atoms with Crippen LogP contribution in [0.5, 0.6) is 0 Å². The van der Waals surface area contributed by atoms with Gasteiger partial charge in [-0.3, -0.25) is 15.0 Å². The van der Waals surface area contributed by atoms with E-state index in [-0.39, 0.29) is 24.2 Å². The summed E-state index contributed by atoms with van der Waals surface area (Å²) in [4.78, 5) is 24.3. The molecule has 1 atom stereocenters. The first-order valence-electron chi connectivity index (χ1n) is 4.96. The Bertz CT molecular complexity index is 245. The summed E-state index contributed by atoms with van der Waals surface area (Å²) in [5.41, 5.74) is 2.07. The molecule has 2 amide bonds. The zero-order valence-electron chi connectivity index (χ0n) is 8.86. The van der Waals surface area contributed by atoms with Crippen LogP contribution in [0, 0.1) is 5.92 Å². The number of carbonyl (C=O) groups is 2. The van der Waals surface area contributed by atoms with Gasteiger partial charge in [-0.2, -0.15) is 0 Å². The van der Waals surface area contributed by atoms with E-state index in [1.165, 1.54) is 0 Å². The molecule has 1 aliphatic rings.